The Morgan fingerprint density at radius 2 is 1.91 bits per heavy atom. The number of thiazole rings is 1. The number of nitrogens with one attached hydrogen (secondary N) is 2. The lowest BCUT2D eigenvalue weighted by Gasteiger charge is -2.03. The molecule has 0 bridgehead atoms. The number of aromatic nitrogens is 1. The van der Waals surface area contributed by atoms with E-state index in [-0.39, 0.29) is 24.1 Å². The van der Waals surface area contributed by atoms with Crippen molar-refractivity contribution in [1.29, 1.82) is 5.41 Å². The fourth-order valence-corrected chi connectivity index (χ4v) is 2.74. The molecule has 0 unspecified atom stereocenters. The second kappa shape index (κ2) is 8.51. The van der Waals surface area contributed by atoms with Gasteiger partial charge in [-0.1, -0.05) is 24.3 Å². The molecule has 0 aliphatic heterocycles. The van der Waals surface area contributed by atoms with E-state index in [4.69, 9.17) is 11.1 Å². The fourth-order valence-electron chi connectivity index (χ4n) is 1.95. The summed E-state index contributed by atoms with van der Waals surface area (Å²) in [5.41, 5.74) is 8.63. The predicted molar refractivity (Wildman–Crippen MR) is 93.1 cm³/mol. The van der Waals surface area contributed by atoms with Gasteiger partial charge in [-0.15, -0.1) is 23.7 Å². The summed E-state index contributed by atoms with van der Waals surface area (Å²) in [6.45, 7) is 1.48. The number of hydrogen-bond acceptors (Lipinski definition) is 4. The number of aryl methyl sites for hydroxylation is 2. The van der Waals surface area contributed by atoms with Crippen molar-refractivity contribution in [3.8, 4) is 0 Å². The van der Waals surface area contributed by atoms with Crippen LogP contribution in [0.2, 0.25) is 0 Å². The van der Waals surface area contributed by atoms with Crippen LogP contribution in [0.5, 0.6) is 0 Å². The van der Waals surface area contributed by atoms with Gasteiger partial charge in [-0.2, -0.15) is 0 Å². The van der Waals surface area contributed by atoms with E-state index in [9.17, 15) is 4.79 Å². The van der Waals surface area contributed by atoms with Gasteiger partial charge in [0.15, 0.2) is 5.13 Å². The maximum absolute atomic E-state index is 10.9. The third-order valence-electron chi connectivity index (χ3n) is 2.92. The van der Waals surface area contributed by atoms with Crippen molar-refractivity contribution in [3.05, 3.63) is 46.5 Å². The highest BCUT2D eigenvalue weighted by Gasteiger charge is 2.04. The van der Waals surface area contributed by atoms with Gasteiger partial charge >= 0.3 is 0 Å². The molecule has 2 aromatic rings. The topological polar surface area (TPSA) is 91.9 Å². The van der Waals surface area contributed by atoms with Crippen LogP contribution in [0, 0.1) is 5.41 Å². The van der Waals surface area contributed by atoms with E-state index in [0.29, 0.717) is 11.6 Å². The highest BCUT2D eigenvalue weighted by Crippen LogP contribution is 2.17. The monoisotopic (exact) mass is 338 g/mol. The summed E-state index contributed by atoms with van der Waals surface area (Å²) in [7, 11) is 0. The Hall–Kier alpha value is -1.92. The van der Waals surface area contributed by atoms with Crippen LogP contribution < -0.4 is 11.1 Å². The van der Waals surface area contributed by atoms with Crippen LogP contribution in [-0.4, -0.2) is 16.7 Å². The number of carbonyl (C=O) groups excluding carboxylic acids is 1. The van der Waals surface area contributed by atoms with Crippen molar-refractivity contribution < 1.29 is 4.79 Å². The SMILES string of the molecule is CC(=O)Nc1nc(CCc2ccc(CC(=N)N)cc2)cs1.Cl. The van der Waals surface area contributed by atoms with Gasteiger partial charge in [0.25, 0.3) is 0 Å². The van der Waals surface area contributed by atoms with Gasteiger partial charge in [-0.3, -0.25) is 10.2 Å². The predicted octanol–water partition coefficient (Wildman–Crippen LogP) is 2.79. The zero-order valence-electron chi connectivity index (χ0n) is 12.3. The third kappa shape index (κ3) is 5.83. The molecule has 0 saturated carbocycles. The van der Waals surface area contributed by atoms with Crippen molar-refractivity contribution in [2.45, 2.75) is 26.2 Å². The lowest BCUT2D eigenvalue weighted by atomic mass is 10.0. The number of nitrogens with zero attached hydrogens (tertiary/aromatic N) is 1. The molecule has 7 heteroatoms. The molecular formula is C15H19ClN4OS. The van der Waals surface area contributed by atoms with Gasteiger partial charge in [0.1, 0.15) is 0 Å². The Labute approximate surface area is 139 Å². The summed E-state index contributed by atoms with van der Waals surface area (Å²) in [5, 5.41) is 12.6. The summed E-state index contributed by atoms with van der Waals surface area (Å²) in [6.07, 6.45) is 2.22. The van der Waals surface area contributed by atoms with Crippen LogP contribution >= 0.6 is 23.7 Å². The molecule has 0 radical (unpaired) electrons. The minimum Gasteiger partial charge on any atom is -0.387 e. The highest BCUT2D eigenvalue weighted by atomic mass is 35.5. The molecular weight excluding hydrogens is 320 g/mol. The van der Waals surface area contributed by atoms with Crippen molar-refractivity contribution in [2.75, 3.05) is 5.32 Å². The van der Waals surface area contributed by atoms with E-state index in [1.807, 2.05) is 17.5 Å². The third-order valence-corrected chi connectivity index (χ3v) is 3.73. The molecule has 0 atom stereocenters. The largest absolute Gasteiger partial charge is 0.387 e. The van der Waals surface area contributed by atoms with Gasteiger partial charge in [-0.25, -0.2) is 4.98 Å². The second-order valence-electron chi connectivity index (χ2n) is 4.84. The molecule has 0 aliphatic rings. The maximum Gasteiger partial charge on any atom is 0.223 e. The minimum absolute atomic E-state index is 0. The standard InChI is InChI=1S/C15H18N4OS.ClH/c1-10(20)18-15-19-13(9-21-15)7-6-11-2-4-12(5-3-11)8-14(16)17;/h2-5,9H,6-8H2,1H3,(H3,16,17)(H,18,19,20);1H. The molecule has 2 rings (SSSR count). The van der Waals surface area contributed by atoms with Crippen LogP contribution in [0.3, 0.4) is 0 Å². The number of benzene rings is 1. The van der Waals surface area contributed by atoms with E-state index in [1.54, 1.807) is 0 Å². The van der Waals surface area contributed by atoms with Crippen LogP contribution in [0.1, 0.15) is 23.7 Å². The molecule has 118 valence electrons. The maximum atomic E-state index is 10.9. The first kappa shape index (κ1) is 18.1. The van der Waals surface area contributed by atoms with E-state index < -0.39 is 0 Å². The van der Waals surface area contributed by atoms with E-state index in [2.05, 4.69) is 22.4 Å². The fraction of sp³-hybridized carbons (Fsp3) is 0.267. The van der Waals surface area contributed by atoms with Crippen molar-refractivity contribution in [1.82, 2.24) is 4.98 Å². The molecule has 1 amide bonds. The van der Waals surface area contributed by atoms with Crippen LogP contribution in [0.15, 0.2) is 29.6 Å². The van der Waals surface area contributed by atoms with Crippen LogP contribution in [-0.2, 0) is 24.1 Å². The molecule has 1 aromatic carbocycles. The average Bonchev–Trinajstić information content (AvgIpc) is 2.84. The van der Waals surface area contributed by atoms with E-state index >= 15 is 0 Å². The van der Waals surface area contributed by atoms with Gasteiger partial charge < -0.3 is 11.1 Å². The minimum atomic E-state index is -0.100. The summed E-state index contributed by atoms with van der Waals surface area (Å²) in [5.74, 6) is 0.0766. The number of nitrogens with two attached hydrogens (primary N) is 1. The van der Waals surface area contributed by atoms with Gasteiger partial charge in [0, 0.05) is 18.7 Å². The summed E-state index contributed by atoms with van der Waals surface area (Å²) in [6, 6.07) is 8.11. The summed E-state index contributed by atoms with van der Waals surface area (Å²) < 4.78 is 0. The Kier molecular flexibility index (Phi) is 7.01. The summed E-state index contributed by atoms with van der Waals surface area (Å²) >= 11 is 1.44. The quantitative estimate of drug-likeness (QED) is 0.558. The Morgan fingerprint density at radius 1 is 1.27 bits per heavy atom. The number of amides is 1. The Bertz CT molecular complexity index is 639. The smallest absolute Gasteiger partial charge is 0.223 e. The average molecular weight is 339 g/mol. The first-order valence-electron chi connectivity index (χ1n) is 6.65. The first-order valence-corrected chi connectivity index (χ1v) is 7.53. The van der Waals surface area contributed by atoms with Gasteiger partial charge in [-0.05, 0) is 24.0 Å². The molecule has 1 heterocycles. The van der Waals surface area contributed by atoms with Gasteiger partial charge in [0.2, 0.25) is 5.91 Å². The molecule has 1 aromatic heterocycles. The van der Waals surface area contributed by atoms with Crippen LogP contribution in [0.4, 0.5) is 5.13 Å². The number of rotatable bonds is 6. The number of halogens is 1. The van der Waals surface area contributed by atoms with E-state index in [1.165, 1.54) is 23.8 Å². The molecule has 0 spiro atoms. The molecule has 5 nitrogen and oxygen atoms in total. The van der Waals surface area contributed by atoms with Crippen molar-refractivity contribution in [2.24, 2.45) is 5.73 Å². The molecule has 0 fully saturated rings. The lowest BCUT2D eigenvalue weighted by molar-refractivity contribution is -0.114. The Balaban J connectivity index is 0.00000242. The van der Waals surface area contributed by atoms with Crippen LogP contribution in [0.25, 0.3) is 0 Å². The van der Waals surface area contributed by atoms with E-state index in [0.717, 1.165) is 24.1 Å². The number of amidine groups is 1. The molecule has 0 aliphatic carbocycles. The second-order valence-corrected chi connectivity index (χ2v) is 5.70. The van der Waals surface area contributed by atoms with Crippen molar-refractivity contribution >= 4 is 40.6 Å². The molecule has 0 saturated heterocycles. The number of carbonyl (C=O) groups is 1. The zero-order valence-corrected chi connectivity index (χ0v) is 13.9. The van der Waals surface area contributed by atoms with Crippen molar-refractivity contribution in [3.63, 3.8) is 0 Å². The number of hydrogen-bond donors (Lipinski definition) is 3. The normalized spacial score (nSPS) is 9.86. The molecule has 4 N–H and O–H groups in total. The Morgan fingerprint density at radius 3 is 2.50 bits per heavy atom. The number of anilines is 1. The zero-order chi connectivity index (χ0) is 15.2. The van der Waals surface area contributed by atoms with Gasteiger partial charge in [0.05, 0.1) is 11.5 Å². The summed E-state index contributed by atoms with van der Waals surface area (Å²) in [4.78, 5) is 15.3. The lowest BCUT2D eigenvalue weighted by Crippen LogP contribution is -2.12. The molecule has 22 heavy (non-hydrogen) atoms. The highest BCUT2D eigenvalue weighted by molar-refractivity contribution is 7.13. The first-order chi connectivity index (χ1) is 10.0.